The Morgan fingerprint density at radius 1 is 1.21 bits per heavy atom. The van der Waals surface area contributed by atoms with Crippen molar-refractivity contribution in [1.82, 2.24) is 19.6 Å². The second-order valence-corrected chi connectivity index (χ2v) is 7.54. The molecule has 1 aromatic carbocycles. The SMILES string of the molecule is B/C(Br)=C\c1cnn2c(NCc3cccnc3)cc(-c3ccccc3F)nc12. The number of nitrogens with zero attached hydrogens (tertiary/aromatic N) is 4. The number of pyridine rings is 1. The molecule has 0 amide bonds. The van der Waals surface area contributed by atoms with Gasteiger partial charge in [0, 0.05) is 36.1 Å². The van der Waals surface area contributed by atoms with Crippen molar-refractivity contribution in [2.45, 2.75) is 6.54 Å². The Morgan fingerprint density at radius 3 is 2.82 bits per heavy atom. The summed E-state index contributed by atoms with van der Waals surface area (Å²) in [7, 11) is 1.94. The Morgan fingerprint density at radius 2 is 2.07 bits per heavy atom. The van der Waals surface area contributed by atoms with Gasteiger partial charge >= 0.3 is 0 Å². The molecule has 4 rings (SSSR count). The monoisotopic (exact) mass is 435 g/mol. The predicted molar refractivity (Wildman–Crippen MR) is 115 cm³/mol. The molecule has 0 fully saturated rings. The van der Waals surface area contributed by atoms with Gasteiger partial charge in [-0.3, -0.25) is 4.98 Å². The van der Waals surface area contributed by atoms with Gasteiger partial charge in [-0.25, -0.2) is 9.37 Å². The number of halogens is 2. The van der Waals surface area contributed by atoms with Gasteiger partial charge in [-0.05, 0) is 34.2 Å². The largest absolute Gasteiger partial charge is 0.366 e. The van der Waals surface area contributed by atoms with E-state index in [4.69, 9.17) is 0 Å². The van der Waals surface area contributed by atoms with Crippen molar-refractivity contribution in [3.8, 4) is 11.3 Å². The summed E-state index contributed by atoms with van der Waals surface area (Å²) in [6.45, 7) is 0.562. The molecule has 0 saturated carbocycles. The first-order valence-electron chi connectivity index (χ1n) is 8.72. The van der Waals surface area contributed by atoms with E-state index in [1.54, 1.807) is 41.3 Å². The highest BCUT2D eigenvalue weighted by Crippen LogP contribution is 2.27. The van der Waals surface area contributed by atoms with Gasteiger partial charge in [0.25, 0.3) is 0 Å². The molecule has 3 heterocycles. The van der Waals surface area contributed by atoms with Gasteiger partial charge in [-0.2, -0.15) is 9.61 Å². The summed E-state index contributed by atoms with van der Waals surface area (Å²) in [5.74, 6) is 0.407. The molecule has 28 heavy (non-hydrogen) atoms. The summed E-state index contributed by atoms with van der Waals surface area (Å²) in [6.07, 6.45) is 7.21. The van der Waals surface area contributed by atoms with Crippen LogP contribution in [0.4, 0.5) is 10.2 Å². The lowest BCUT2D eigenvalue weighted by Crippen LogP contribution is -2.07. The van der Waals surface area contributed by atoms with Gasteiger partial charge in [0.05, 0.1) is 11.9 Å². The van der Waals surface area contributed by atoms with Crippen LogP contribution < -0.4 is 5.32 Å². The van der Waals surface area contributed by atoms with Crippen LogP contribution in [-0.2, 0) is 6.54 Å². The van der Waals surface area contributed by atoms with Gasteiger partial charge in [0.1, 0.15) is 19.5 Å². The lowest BCUT2D eigenvalue weighted by molar-refractivity contribution is 0.630. The molecule has 0 spiro atoms. The Bertz CT molecular complexity index is 1160. The van der Waals surface area contributed by atoms with E-state index in [0.29, 0.717) is 23.4 Å². The average Bonchev–Trinajstić information content (AvgIpc) is 3.09. The summed E-state index contributed by atoms with van der Waals surface area (Å²) in [5.41, 5.74) is 3.51. The van der Waals surface area contributed by atoms with Crippen molar-refractivity contribution in [2.75, 3.05) is 5.32 Å². The summed E-state index contributed by atoms with van der Waals surface area (Å²) in [4.78, 5) is 8.81. The quantitative estimate of drug-likeness (QED) is 0.483. The summed E-state index contributed by atoms with van der Waals surface area (Å²) < 4.78 is 17.1. The maximum Gasteiger partial charge on any atom is 0.165 e. The Hall–Kier alpha value is -3.00. The van der Waals surface area contributed by atoms with Gasteiger partial charge in [0.15, 0.2) is 5.65 Å². The summed E-state index contributed by atoms with van der Waals surface area (Å²) in [5, 5.41) is 7.82. The molecule has 8 heteroatoms. The van der Waals surface area contributed by atoms with Crippen LogP contribution in [0.2, 0.25) is 0 Å². The Balaban J connectivity index is 1.83. The summed E-state index contributed by atoms with van der Waals surface area (Å²) >= 11 is 3.45. The molecule has 0 saturated heterocycles. The number of hydrogen-bond donors (Lipinski definition) is 1. The van der Waals surface area contributed by atoms with E-state index in [2.05, 4.69) is 36.3 Å². The molecule has 0 aliphatic rings. The number of anilines is 1. The number of aromatic nitrogens is 4. The molecule has 0 atom stereocenters. The van der Waals surface area contributed by atoms with Crippen molar-refractivity contribution >= 4 is 41.3 Å². The summed E-state index contributed by atoms with van der Waals surface area (Å²) in [6, 6.07) is 12.3. The van der Waals surface area contributed by atoms with E-state index in [1.165, 1.54) is 6.07 Å². The zero-order chi connectivity index (χ0) is 19.5. The fourth-order valence-corrected chi connectivity index (χ4v) is 3.17. The first-order chi connectivity index (χ1) is 13.6. The molecule has 0 aliphatic heterocycles. The number of rotatable bonds is 5. The van der Waals surface area contributed by atoms with Crippen LogP contribution in [0, 0.1) is 5.82 Å². The van der Waals surface area contributed by atoms with E-state index in [1.807, 2.05) is 32.1 Å². The van der Waals surface area contributed by atoms with Crippen LogP contribution in [0.25, 0.3) is 23.0 Å². The molecular formula is C20H16BBrFN5. The standard InChI is InChI=1S/C20H16BBrFN5/c21-18(22)8-14-12-26-28-19(25-11-13-4-3-7-24-10-13)9-17(27-20(14)28)15-5-1-2-6-16(15)23/h1-10,12,25H,11,21H2/b18-8+. The van der Waals surface area contributed by atoms with Crippen LogP contribution in [-0.4, -0.2) is 27.4 Å². The van der Waals surface area contributed by atoms with Crippen LogP contribution in [0.5, 0.6) is 0 Å². The molecule has 0 radical (unpaired) electrons. The second-order valence-electron chi connectivity index (χ2n) is 6.29. The zero-order valence-electron chi connectivity index (χ0n) is 15.1. The average molecular weight is 436 g/mol. The van der Waals surface area contributed by atoms with E-state index in [0.717, 1.165) is 21.3 Å². The van der Waals surface area contributed by atoms with E-state index < -0.39 is 0 Å². The van der Waals surface area contributed by atoms with Gasteiger partial charge in [-0.1, -0.05) is 34.1 Å². The van der Waals surface area contributed by atoms with Crippen molar-refractivity contribution in [3.63, 3.8) is 0 Å². The fourth-order valence-electron chi connectivity index (χ4n) is 2.92. The molecule has 138 valence electrons. The minimum Gasteiger partial charge on any atom is -0.366 e. The minimum absolute atomic E-state index is 0.314. The van der Waals surface area contributed by atoms with Gasteiger partial charge < -0.3 is 5.32 Å². The number of hydrogen-bond acceptors (Lipinski definition) is 4. The Labute approximate surface area is 170 Å². The van der Waals surface area contributed by atoms with Crippen LogP contribution in [0.15, 0.2) is 65.4 Å². The lowest BCUT2D eigenvalue weighted by atomic mass is 10.1. The van der Waals surface area contributed by atoms with Crippen LogP contribution >= 0.6 is 15.9 Å². The van der Waals surface area contributed by atoms with Gasteiger partial charge in [0.2, 0.25) is 0 Å². The highest BCUT2D eigenvalue weighted by molar-refractivity contribution is 9.12. The first kappa shape index (κ1) is 18.4. The minimum atomic E-state index is -0.314. The molecule has 0 unspecified atom stereocenters. The third-order valence-electron chi connectivity index (χ3n) is 4.20. The van der Waals surface area contributed by atoms with Crippen LogP contribution in [0.1, 0.15) is 11.1 Å². The first-order valence-corrected chi connectivity index (χ1v) is 9.51. The topological polar surface area (TPSA) is 55.1 Å². The van der Waals surface area contributed by atoms with Crippen LogP contribution in [0.3, 0.4) is 0 Å². The molecule has 0 bridgehead atoms. The van der Waals surface area contributed by atoms with Crippen molar-refractivity contribution in [1.29, 1.82) is 0 Å². The van der Waals surface area contributed by atoms with Crippen molar-refractivity contribution in [2.24, 2.45) is 0 Å². The lowest BCUT2D eigenvalue weighted by Gasteiger charge is -2.11. The van der Waals surface area contributed by atoms with Crippen molar-refractivity contribution in [3.05, 3.63) is 82.4 Å². The third kappa shape index (κ3) is 3.82. The maximum atomic E-state index is 14.4. The normalized spacial score (nSPS) is 11.7. The highest BCUT2D eigenvalue weighted by atomic mass is 79.9. The molecule has 0 aliphatic carbocycles. The number of benzene rings is 1. The van der Waals surface area contributed by atoms with E-state index in [-0.39, 0.29) is 5.82 Å². The highest BCUT2D eigenvalue weighted by Gasteiger charge is 2.14. The van der Waals surface area contributed by atoms with E-state index in [9.17, 15) is 4.39 Å². The maximum absolute atomic E-state index is 14.4. The number of nitrogens with one attached hydrogen (secondary N) is 1. The van der Waals surface area contributed by atoms with Crippen molar-refractivity contribution < 1.29 is 4.39 Å². The molecule has 3 aromatic heterocycles. The number of fused-ring (bicyclic) bond motifs is 1. The molecular weight excluding hydrogens is 420 g/mol. The van der Waals surface area contributed by atoms with Gasteiger partial charge in [-0.15, -0.1) is 0 Å². The molecule has 4 aromatic rings. The van der Waals surface area contributed by atoms with E-state index >= 15 is 0 Å². The predicted octanol–water partition coefficient (Wildman–Crippen LogP) is 3.87. The molecule has 1 N–H and O–H groups in total. The third-order valence-corrected chi connectivity index (χ3v) is 4.43. The Kier molecular flexibility index (Phi) is 5.21. The zero-order valence-corrected chi connectivity index (χ0v) is 16.7. The fraction of sp³-hybridized carbons (Fsp3) is 0.0500. The smallest absolute Gasteiger partial charge is 0.165 e. The second kappa shape index (κ2) is 7.94. The molecule has 5 nitrogen and oxygen atoms in total.